The first-order valence-electron chi connectivity index (χ1n) is 6.12. The van der Waals surface area contributed by atoms with Gasteiger partial charge in [-0.05, 0) is 18.4 Å². The minimum atomic E-state index is -0.341. The van der Waals surface area contributed by atoms with Crippen molar-refractivity contribution >= 4 is 11.9 Å². The van der Waals surface area contributed by atoms with Crippen molar-refractivity contribution in [1.29, 1.82) is 0 Å². The van der Waals surface area contributed by atoms with E-state index in [0.29, 0.717) is 0 Å². The van der Waals surface area contributed by atoms with Crippen molar-refractivity contribution in [3.05, 3.63) is 35.9 Å². The second kappa shape index (κ2) is 5.67. The van der Waals surface area contributed by atoms with E-state index in [-0.39, 0.29) is 30.3 Å². The van der Waals surface area contributed by atoms with Gasteiger partial charge in [-0.25, -0.2) is 0 Å². The van der Waals surface area contributed by atoms with Gasteiger partial charge in [-0.15, -0.1) is 0 Å². The number of carbonyl (C=O) groups is 2. The van der Waals surface area contributed by atoms with E-state index in [2.05, 4.69) is 5.32 Å². The van der Waals surface area contributed by atoms with Crippen LogP contribution in [0.5, 0.6) is 0 Å². The number of rotatable bonds is 4. The largest absolute Gasteiger partial charge is 0.469 e. The van der Waals surface area contributed by atoms with E-state index in [1.807, 2.05) is 30.3 Å². The van der Waals surface area contributed by atoms with Crippen LogP contribution in [0.1, 0.15) is 18.4 Å². The number of ether oxygens (including phenoxy) is 1. The summed E-state index contributed by atoms with van der Waals surface area (Å²) in [4.78, 5) is 22.9. The molecule has 0 saturated carbocycles. The van der Waals surface area contributed by atoms with Gasteiger partial charge in [-0.2, -0.15) is 0 Å². The lowest BCUT2D eigenvalue weighted by atomic mass is 9.95. The van der Waals surface area contributed by atoms with Crippen LogP contribution in [-0.4, -0.2) is 25.0 Å². The maximum Gasteiger partial charge on any atom is 0.311 e. The van der Waals surface area contributed by atoms with E-state index in [1.165, 1.54) is 12.7 Å². The highest BCUT2D eigenvalue weighted by Crippen LogP contribution is 2.22. The fourth-order valence-corrected chi connectivity index (χ4v) is 2.35. The molecule has 0 bridgehead atoms. The maximum absolute atomic E-state index is 11.6. The van der Waals surface area contributed by atoms with Gasteiger partial charge in [0.2, 0.25) is 5.91 Å². The van der Waals surface area contributed by atoms with Crippen LogP contribution in [0.3, 0.4) is 0 Å². The van der Waals surface area contributed by atoms with Gasteiger partial charge in [0.25, 0.3) is 0 Å². The second-order valence-electron chi connectivity index (χ2n) is 4.53. The van der Waals surface area contributed by atoms with Crippen LogP contribution in [-0.2, 0) is 20.7 Å². The lowest BCUT2D eigenvalue weighted by Gasteiger charge is -2.16. The Bertz CT molecular complexity index is 430. The van der Waals surface area contributed by atoms with E-state index >= 15 is 0 Å². The van der Waals surface area contributed by atoms with Crippen LogP contribution < -0.4 is 5.32 Å². The predicted molar refractivity (Wildman–Crippen MR) is 66.8 cm³/mol. The molecule has 1 aromatic rings. The van der Waals surface area contributed by atoms with E-state index in [1.54, 1.807) is 0 Å². The van der Waals surface area contributed by atoms with Crippen molar-refractivity contribution in [2.75, 3.05) is 7.11 Å². The fourth-order valence-electron chi connectivity index (χ4n) is 2.35. The lowest BCUT2D eigenvalue weighted by molar-refractivity contribution is -0.146. The van der Waals surface area contributed by atoms with Crippen molar-refractivity contribution in [2.45, 2.75) is 25.3 Å². The third-order valence-electron chi connectivity index (χ3n) is 3.33. The molecule has 1 aromatic carbocycles. The Balaban J connectivity index is 1.95. The van der Waals surface area contributed by atoms with Gasteiger partial charge < -0.3 is 10.1 Å². The minimum absolute atomic E-state index is 0.0662. The topological polar surface area (TPSA) is 55.4 Å². The summed E-state index contributed by atoms with van der Waals surface area (Å²) in [5.41, 5.74) is 1.21. The monoisotopic (exact) mass is 247 g/mol. The Kier molecular flexibility index (Phi) is 3.97. The highest BCUT2D eigenvalue weighted by molar-refractivity contribution is 5.87. The Hall–Kier alpha value is -1.84. The average molecular weight is 247 g/mol. The Morgan fingerprint density at radius 1 is 1.39 bits per heavy atom. The van der Waals surface area contributed by atoms with Gasteiger partial charge in [0.15, 0.2) is 0 Å². The number of amides is 1. The molecule has 2 unspecified atom stereocenters. The third-order valence-corrected chi connectivity index (χ3v) is 3.33. The van der Waals surface area contributed by atoms with Crippen LogP contribution >= 0.6 is 0 Å². The van der Waals surface area contributed by atoms with Gasteiger partial charge >= 0.3 is 5.97 Å². The average Bonchev–Trinajstić information content (AvgIpc) is 2.78. The minimum Gasteiger partial charge on any atom is -0.469 e. The second-order valence-corrected chi connectivity index (χ2v) is 4.53. The highest BCUT2D eigenvalue weighted by Gasteiger charge is 2.37. The predicted octanol–water partition coefficient (Wildman–Crippen LogP) is 1.30. The van der Waals surface area contributed by atoms with Gasteiger partial charge in [0.05, 0.1) is 13.0 Å². The summed E-state index contributed by atoms with van der Waals surface area (Å²) in [6.07, 6.45) is 1.85. The zero-order chi connectivity index (χ0) is 13.0. The van der Waals surface area contributed by atoms with Crippen molar-refractivity contribution < 1.29 is 14.3 Å². The normalized spacial score (nSPS) is 22.6. The Morgan fingerprint density at radius 3 is 2.78 bits per heavy atom. The summed E-state index contributed by atoms with van der Waals surface area (Å²) in [6.45, 7) is 0. The van der Waals surface area contributed by atoms with Gasteiger partial charge in [-0.1, -0.05) is 30.3 Å². The molecule has 1 aliphatic rings. The van der Waals surface area contributed by atoms with Crippen molar-refractivity contribution in [2.24, 2.45) is 5.92 Å². The number of nitrogens with one attached hydrogen (secondary N) is 1. The molecule has 1 fully saturated rings. The molecule has 96 valence electrons. The van der Waals surface area contributed by atoms with Gasteiger partial charge in [-0.3, -0.25) is 9.59 Å². The number of aryl methyl sites for hydroxylation is 1. The molecular weight excluding hydrogens is 230 g/mol. The van der Waals surface area contributed by atoms with Crippen molar-refractivity contribution in [3.8, 4) is 0 Å². The first-order valence-corrected chi connectivity index (χ1v) is 6.12. The van der Waals surface area contributed by atoms with Crippen molar-refractivity contribution in [3.63, 3.8) is 0 Å². The number of hydrogen-bond acceptors (Lipinski definition) is 3. The zero-order valence-corrected chi connectivity index (χ0v) is 10.4. The molecule has 0 aliphatic carbocycles. The van der Waals surface area contributed by atoms with Gasteiger partial charge in [0, 0.05) is 12.5 Å². The fraction of sp³-hybridized carbons (Fsp3) is 0.429. The molecule has 4 heteroatoms. The standard InChI is InChI=1S/C14H17NO3/c1-18-14(17)11-9-13(16)15-12(11)8-7-10-5-3-2-4-6-10/h2-6,11-12H,7-9H2,1H3,(H,15,16). The molecule has 1 amide bonds. The number of esters is 1. The molecule has 2 rings (SSSR count). The van der Waals surface area contributed by atoms with Crippen LogP contribution in [0.4, 0.5) is 0 Å². The molecule has 18 heavy (non-hydrogen) atoms. The molecule has 1 aliphatic heterocycles. The molecular formula is C14H17NO3. The smallest absolute Gasteiger partial charge is 0.311 e. The summed E-state index contributed by atoms with van der Waals surface area (Å²) in [6, 6.07) is 9.93. The summed E-state index contributed by atoms with van der Waals surface area (Å²) >= 11 is 0. The quantitative estimate of drug-likeness (QED) is 0.816. The van der Waals surface area contributed by atoms with E-state index < -0.39 is 0 Å². The van der Waals surface area contributed by atoms with Crippen LogP contribution in [0.25, 0.3) is 0 Å². The van der Waals surface area contributed by atoms with Gasteiger partial charge in [0.1, 0.15) is 0 Å². The molecule has 0 aromatic heterocycles. The zero-order valence-electron chi connectivity index (χ0n) is 10.4. The Labute approximate surface area is 106 Å². The number of methoxy groups -OCH3 is 1. The molecule has 0 spiro atoms. The number of benzene rings is 1. The van der Waals surface area contributed by atoms with E-state index in [9.17, 15) is 9.59 Å². The van der Waals surface area contributed by atoms with Crippen molar-refractivity contribution in [1.82, 2.24) is 5.32 Å². The van der Waals surface area contributed by atoms with Crippen LogP contribution in [0.2, 0.25) is 0 Å². The van der Waals surface area contributed by atoms with E-state index in [0.717, 1.165) is 12.8 Å². The SMILES string of the molecule is COC(=O)C1CC(=O)NC1CCc1ccccc1. The summed E-state index contributed by atoms with van der Waals surface area (Å²) < 4.78 is 4.73. The number of hydrogen-bond donors (Lipinski definition) is 1. The maximum atomic E-state index is 11.6. The summed E-state index contributed by atoms with van der Waals surface area (Å²) in [5, 5.41) is 2.85. The van der Waals surface area contributed by atoms with Crippen LogP contribution in [0, 0.1) is 5.92 Å². The van der Waals surface area contributed by atoms with E-state index in [4.69, 9.17) is 4.74 Å². The Morgan fingerprint density at radius 2 is 2.11 bits per heavy atom. The molecule has 4 nitrogen and oxygen atoms in total. The lowest BCUT2D eigenvalue weighted by Crippen LogP contribution is -2.33. The molecule has 2 atom stereocenters. The number of carbonyl (C=O) groups excluding carboxylic acids is 2. The van der Waals surface area contributed by atoms with Crippen LogP contribution in [0.15, 0.2) is 30.3 Å². The molecule has 1 saturated heterocycles. The molecule has 1 heterocycles. The molecule has 1 N–H and O–H groups in total. The third kappa shape index (κ3) is 2.88. The first-order chi connectivity index (χ1) is 8.70. The summed E-state index contributed by atoms with van der Waals surface area (Å²) in [7, 11) is 1.36. The molecule has 0 radical (unpaired) electrons. The summed E-state index contributed by atoms with van der Waals surface area (Å²) in [5.74, 6) is -0.707. The highest BCUT2D eigenvalue weighted by atomic mass is 16.5. The first kappa shape index (κ1) is 12.6.